The van der Waals surface area contributed by atoms with Gasteiger partial charge in [0.15, 0.2) is 0 Å². The van der Waals surface area contributed by atoms with Crippen LogP contribution in [0.5, 0.6) is 0 Å². The van der Waals surface area contributed by atoms with Crippen molar-refractivity contribution < 1.29 is 4.11 Å². The van der Waals surface area contributed by atoms with E-state index in [0.29, 0.717) is 16.5 Å². The first kappa shape index (κ1) is 25.4. The minimum Gasteiger partial charge on any atom is -0.309 e. The highest BCUT2D eigenvalue weighted by molar-refractivity contribution is 6.13. The molecule has 0 bridgehead atoms. The van der Waals surface area contributed by atoms with Crippen molar-refractivity contribution in [1.82, 2.24) is 9.13 Å². The van der Waals surface area contributed by atoms with E-state index in [1.165, 1.54) is 0 Å². The van der Waals surface area contributed by atoms with Crippen molar-refractivity contribution in [3.8, 4) is 44.8 Å². The molecule has 2 aromatic heterocycles. The molecule has 0 aliphatic carbocycles. The molecule has 0 aliphatic heterocycles. The summed E-state index contributed by atoms with van der Waals surface area (Å²) in [7, 11) is 0. The van der Waals surface area contributed by atoms with Crippen molar-refractivity contribution in [2.45, 2.75) is 0 Å². The van der Waals surface area contributed by atoms with E-state index < -0.39 is 0 Å². The van der Waals surface area contributed by atoms with E-state index in [-0.39, 0.29) is 18.1 Å². The van der Waals surface area contributed by atoms with Gasteiger partial charge >= 0.3 is 0 Å². The maximum Gasteiger partial charge on any atom is 0.0645 e. The van der Waals surface area contributed by atoms with Crippen molar-refractivity contribution in [3.05, 3.63) is 194 Å². The number of nitrogens with zero attached hydrogens (tertiary/aromatic N) is 2. The monoisotopic (exact) mass is 639 g/mol. The van der Waals surface area contributed by atoms with Crippen LogP contribution in [0.2, 0.25) is 0 Å². The molecule has 0 amide bonds. The Morgan fingerprint density at radius 1 is 0.300 bits per heavy atom. The van der Waals surface area contributed by atoms with Gasteiger partial charge in [0, 0.05) is 32.9 Å². The zero-order valence-electron chi connectivity index (χ0n) is 30.1. The fourth-order valence-corrected chi connectivity index (χ4v) is 7.47. The van der Waals surface area contributed by atoms with Gasteiger partial charge in [0.1, 0.15) is 0 Å². The van der Waals surface area contributed by atoms with Gasteiger partial charge in [-0.3, -0.25) is 0 Å². The molecule has 0 spiro atoms. The van der Waals surface area contributed by atoms with Crippen molar-refractivity contribution in [2.75, 3.05) is 0 Å². The third-order valence-electron chi connectivity index (χ3n) is 9.82. The standard InChI is InChI=1S/C48H32N2/c1-4-13-33(14-5-1)35-17-12-20-40(29-35)50-47-28-25-37(31-44(47)42-26-23-38(32-48(42)50)34-15-6-2-7-16-34)36-24-27-46-43(30-36)41-21-10-11-22-45(41)49(46)39-18-8-3-9-19-39/h1-32H/i24D,27D,30D. The lowest BCUT2D eigenvalue weighted by atomic mass is 9.99. The van der Waals surface area contributed by atoms with Crippen LogP contribution in [-0.4, -0.2) is 9.13 Å². The minimum atomic E-state index is 0.0486. The van der Waals surface area contributed by atoms with Crippen molar-refractivity contribution in [1.29, 1.82) is 0 Å². The Kier molecular flexibility index (Phi) is 5.84. The summed E-state index contributed by atoms with van der Waals surface area (Å²) in [6.07, 6.45) is 0. The molecule has 0 unspecified atom stereocenters. The lowest BCUT2D eigenvalue weighted by molar-refractivity contribution is 1.18. The number of aromatic nitrogens is 2. The average Bonchev–Trinajstić information content (AvgIpc) is 3.74. The van der Waals surface area contributed by atoms with Gasteiger partial charge < -0.3 is 9.13 Å². The van der Waals surface area contributed by atoms with Gasteiger partial charge in [0.05, 0.1) is 26.2 Å². The Morgan fingerprint density at radius 3 is 1.64 bits per heavy atom. The van der Waals surface area contributed by atoms with E-state index in [2.05, 4.69) is 108 Å². The number of fused-ring (bicyclic) bond motifs is 6. The molecule has 0 fully saturated rings. The zero-order chi connectivity index (χ0) is 35.6. The highest BCUT2D eigenvalue weighted by Gasteiger charge is 2.17. The Morgan fingerprint density at radius 2 is 0.860 bits per heavy atom. The fourth-order valence-electron chi connectivity index (χ4n) is 7.47. The lowest BCUT2D eigenvalue weighted by Crippen LogP contribution is -1.95. The van der Waals surface area contributed by atoms with Crippen LogP contribution in [0, 0.1) is 0 Å². The lowest BCUT2D eigenvalue weighted by Gasteiger charge is -2.11. The van der Waals surface area contributed by atoms with Gasteiger partial charge in [-0.25, -0.2) is 0 Å². The van der Waals surface area contributed by atoms with Crippen LogP contribution in [0.1, 0.15) is 4.11 Å². The van der Waals surface area contributed by atoms with Crippen LogP contribution in [0.3, 0.4) is 0 Å². The van der Waals surface area contributed by atoms with Gasteiger partial charge in [-0.05, 0) is 94.0 Å². The second kappa shape index (κ2) is 11.5. The highest BCUT2D eigenvalue weighted by Crippen LogP contribution is 2.39. The van der Waals surface area contributed by atoms with Crippen LogP contribution in [0.25, 0.3) is 88.4 Å². The maximum atomic E-state index is 9.69. The third kappa shape index (κ3) is 4.57. The van der Waals surface area contributed by atoms with Crippen LogP contribution in [-0.2, 0) is 0 Å². The first-order valence-electron chi connectivity index (χ1n) is 18.4. The molecule has 234 valence electrons. The summed E-state index contributed by atoms with van der Waals surface area (Å²) in [6.45, 7) is 0. The van der Waals surface area contributed by atoms with E-state index in [9.17, 15) is 4.11 Å². The first-order chi connectivity index (χ1) is 26.1. The summed E-state index contributed by atoms with van der Waals surface area (Å²) in [5, 5.41) is 3.70. The van der Waals surface area contributed by atoms with Crippen molar-refractivity contribution >= 4 is 43.6 Å². The molecule has 8 aromatic carbocycles. The molecule has 10 rings (SSSR count). The van der Waals surface area contributed by atoms with Gasteiger partial charge in [0.25, 0.3) is 0 Å². The van der Waals surface area contributed by atoms with Gasteiger partial charge in [-0.2, -0.15) is 0 Å². The van der Waals surface area contributed by atoms with Crippen LogP contribution >= 0.6 is 0 Å². The van der Waals surface area contributed by atoms with E-state index in [1.807, 2.05) is 77.4 Å². The molecular weight excluding hydrogens is 605 g/mol. The van der Waals surface area contributed by atoms with Gasteiger partial charge in [-0.15, -0.1) is 0 Å². The molecular formula is C48H32N2. The van der Waals surface area contributed by atoms with E-state index >= 15 is 0 Å². The van der Waals surface area contributed by atoms with Crippen LogP contribution in [0.4, 0.5) is 0 Å². The van der Waals surface area contributed by atoms with Gasteiger partial charge in [-0.1, -0.05) is 133 Å². The molecule has 0 atom stereocenters. The van der Waals surface area contributed by atoms with Crippen LogP contribution in [0.15, 0.2) is 194 Å². The van der Waals surface area contributed by atoms with Crippen LogP contribution < -0.4 is 0 Å². The maximum absolute atomic E-state index is 9.69. The molecule has 0 saturated carbocycles. The molecule has 2 heteroatoms. The number of rotatable bonds is 5. The Labute approximate surface area is 294 Å². The molecule has 0 saturated heterocycles. The van der Waals surface area contributed by atoms with Crippen molar-refractivity contribution in [2.24, 2.45) is 0 Å². The van der Waals surface area contributed by atoms with E-state index in [0.717, 1.165) is 71.9 Å². The summed E-state index contributed by atoms with van der Waals surface area (Å²) in [4.78, 5) is 0. The van der Waals surface area contributed by atoms with Gasteiger partial charge in [0.2, 0.25) is 0 Å². The molecule has 10 aromatic rings. The fraction of sp³-hybridized carbons (Fsp3) is 0. The Hall–Kier alpha value is -6.64. The zero-order valence-corrected chi connectivity index (χ0v) is 27.1. The Balaban J connectivity index is 1.24. The second-order valence-electron chi connectivity index (χ2n) is 12.7. The van der Waals surface area contributed by atoms with Crippen molar-refractivity contribution in [3.63, 3.8) is 0 Å². The average molecular weight is 640 g/mol. The topological polar surface area (TPSA) is 9.86 Å². The normalized spacial score (nSPS) is 12.4. The number of para-hydroxylation sites is 2. The smallest absolute Gasteiger partial charge is 0.0645 e. The second-order valence-corrected chi connectivity index (χ2v) is 12.7. The highest BCUT2D eigenvalue weighted by atomic mass is 15.0. The number of benzene rings is 8. The molecule has 0 radical (unpaired) electrons. The SMILES string of the molecule is [2H]c1c(-c2ccc3c(c2)c2ccc(-c4ccccc4)cc2n3-c2cccc(-c3ccccc3)c2)c([2H])c2c3ccccc3n(-c3ccccc3)c2c1[2H]. The number of hydrogen-bond donors (Lipinski definition) is 0. The number of hydrogen-bond acceptors (Lipinski definition) is 0. The summed E-state index contributed by atoms with van der Waals surface area (Å²) in [5.41, 5.74) is 11.3. The molecule has 50 heavy (non-hydrogen) atoms. The molecule has 0 N–H and O–H groups in total. The third-order valence-corrected chi connectivity index (χ3v) is 9.82. The first-order valence-corrected chi connectivity index (χ1v) is 16.9. The summed E-state index contributed by atoms with van der Waals surface area (Å²) >= 11 is 0. The summed E-state index contributed by atoms with van der Waals surface area (Å²) in [5.74, 6) is 0. The van der Waals surface area contributed by atoms with E-state index in [1.54, 1.807) is 0 Å². The predicted molar refractivity (Wildman–Crippen MR) is 211 cm³/mol. The minimum absolute atomic E-state index is 0.0486. The molecule has 0 aliphatic rings. The largest absolute Gasteiger partial charge is 0.309 e. The molecule has 2 heterocycles. The molecule has 2 nitrogen and oxygen atoms in total. The quantitative estimate of drug-likeness (QED) is 0.177. The Bertz CT molecular complexity index is 3020. The van der Waals surface area contributed by atoms with E-state index in [4.69, 9.17) is 0 Å². The summed E-state index contributed by atoms with van der Waals surface area (Å²) in [6, 6.07) is 60.8. The predicted octanol–water partition coefficient (Wildman–Crippen LogP) is 12.9. The summed E-state index contributed by atoms with van der Waals surface area (Å²) < 4.78 is 32.8.